The summed E-state index contributed by atoms with van der Waals surface area (Å²) in [4.78, 5) is 2.44. The zero-order chi connectivity index (χ0) is 13.4. The van der Waals surface area contributed by atoms with E-state index in [9.17, 15) is 0 Å². The average Bonchev–Trinajstić information content (AvgIpc) is 3.15. The van der Waals surface area contributed by atoms with E-state index < -0.39 is 0 Å². The maximum Gasteiger partial charge on any atom is 0.131 e. The van der Waals surface area contributed by atoms with E-state index in [0.29, 0.717) is 6.04 Å². The lowest BCUT2D eigenvalue weighted by Gasteiger charge is -2.35. The lowest BCUT2D eigenvalue weighted by molar-refractivity contribution is 0.0980. The van der Waals surface area contributed by atoms with E-state index in [0.717, 1.165) is 38.0 Å². The van der Waals surface area contributed by atoms with E-state index in [1.54, 1.807) is 0 Å². The number of hydrogen-bond acceptors (Lipinski definition) is 4. The van der Waals surface area contributed by atoms with Crippen LogP contribution < -0.4 is 10.2 Å². The number of aryl methyl sites for hydroxylation is 2. The predicted molar refractivity (Wildman–Crippen MR) is 75.4 cm³/mol. The molecule has 1 aromatic heterocycles. The molecule has 0 aromatic carbocycles. The SMILES string of the molecule is Cc1nn(C)c(N2CCOCC2C)c1CNC1CC1. The molecule has 0 bridgehead atoms. The summed E-state index contributed by atoms with van der Waals surface area (Å²) in [6.07, 6.45) is 2.64. The summed E-state index contributed by atoms with van der Waals surface area (Å²) in [7, 11) is 2.05. The minimum absolute atomic E-state index is 0.420. The van der Waals surface area contributed by atoms with Crippen LogP contribution >= 0.6 is 0 Å². The molecule has 0 spiro atoms. The van der Waals surface area contributed by atoms with E-state index in [2.05, 4.69) is 29.2 Å². The molecule has 1 N–H and O–H groups in total. The Labute approximate surface area is 114 Å². The molecule has 1 aliphatic carbocycles. The van der Waals surface area contributed by atoms with Crippen LogP contribution in [0, 0.1) is 6.92 Å². The third-order valence-corrected chi connectivity index (χ3v) is 4.10. The highest BCUT2D eigenvalue weighted by Gasteiger charge is 2.27. The smallest absolute Gasteiger partial charge is 0.131 e. The van der Waals surface area contributed by atoms with E-state index in [1.165, 1.54) is 24.2 Å². The lowest BCUT2D eigenvalue weighted by atomic mass is 10.2. The van der Waals surface area contributed by atoms with Gasteiger partial charge >= 0.3 is 0 Å². The Morgan fingerprint density at radius 1 is 1.42 bits per heavy atom. The van der Waals surface area contributed by atoms with E-state index in [1.807, 2.05) is 11.7 Å². The van der Waals surface area contributed by atoms with Crippen molar-refractivity contribution in [2.45, 2.75) is 45.3 Å². The Morgan fingerprint density at radius 3 is 2.89 bits per heavy atom. The van der Waals surface area contributed by atoms with Crippen LogP contribution in [-0.4, -0.2) is 41.6 Å². The normalized spacial score (nSPS) is 23.9. The van der Waals surface area contributed by atoms with Gasteiger partial charge in [-0.05, 0) is 26.7 Å². The van der Waals surface area contributed by atoms with Crippen LogP contribution in [0.25, 0.3) is 0 Å². The third kappa shape index (κ3) is 2.62. The second kappa shape index (κ2) is 5.13. The van der Waals surface area contributed by atoms with Gasteiger partial charge in [0.1, 0.15) is 5.82 Å². The van der Waals surface area contributed by atoms with Gasteiger partial charge in [0.05, 0.1) is 24.9 Å². The average molecular weight is 264 g/mol. The molecule has 1 saturated carbocycles. The molecule has 0 radical (unpaired) electrons. The van der Waals surface area contributed by atoms with Crippen molar-refractivity contribution >= 4 is 5.82 Å². The number of ether oxygens (including phenoxy) is 1. The fourth-order valence-corrected chi connectivity index (χ4v) is 2.83. The molecule has 5 nitrogen and oxygen atoms in total. The van der Waals surface area contributed by atoms with Crippen molar-refractivity contribution in [2.24, 2.45) is 7.05 Å². The summed E-state index contributed by atoms with van der Waals surface area (Å²) in [5.41, 5.74) is 2.49. The third-order valence-electron chi connectivity index (χ3n) is 4.10. The number of rotatable bonds is 4. The molecule has 1 unspecified atom stereocenters. The molecular weight excluding hydrogens is 240 g/mol. The van der Waals surface area contributed by atoms with Gasteiger partial charge in [-0.15, -0.1) is 0 Å². The molecule has 2 heterocycles. The molecule has 1 aliphatic heterocycles. The summed E-state index contributed by atoms with van der Waals surface area (Å²) in [5.74, 6) is 1.27. The Bertz CT molecular complexity index is 453. The van der Waals surface area contributed by atoms with Gasteiger partial charge in [0.2, 0.25) is 0 Å². The van der Waals surface area contributed by atoms with Crippen molar-refractivity contribution < 1.29 is 4.74 Å². The standard InChI is InChI=1S/C14H24N4O/c1-10-9-19-7-6-18(10)14-13(8-15-12-4-5-12)11(2)16-17(14)3/h10,12,15H,4-9H2,1-3H3. The van der Waals surface area contributed by atoms with Crippen LogP contribution in [0.1, 0.15) is 31.0 Å². The van der Waals surface area contributed by atoms with Crippen molar-refractivity contribution in [1.82, 2.24) is 15.1 Å². The Balaban J connectivity index is 1.84. The molecule has 2 fully saturated rings. The number of nitrogens with zero attached hydrogens (tertiary/aromatic N) is 3. The fourth-order valence-electron chi connectivity index (χ4n) is 2.83. The van der Waals surface area contributed by atoms with Gasteiger partial charge in [-0.2, -0.15) is 5.10 Å². The summed E-state index contributed by atoms with van der Waals surface area (Å²) < 4.78 is 7.57. The molecule has 1 aromatic rings. The Hall–Kier alpha value is -1.07. The predicted octanol–water partition coefficient (Wildman–Crippen LogP) is 1.21. The van der Waals surface area contributed by atoms with E-state index in [-0.39, 0.29) is 0 Å². The van der Waals surface area contributed by atoms with Crippen LogP contribution in [0.15, 0.2) is 0 Å². The minimum atomic E-state index is 0.420. The van der Waals surface area contributed by atoms with E-state index >= 15 is 0 Å². The molecule has 1 saturated heterocycles. The van der Waals surface area contributed by atoms with Crippen LogP contribution in [0.4, 0.5) is 5.82 Å². The molecule has 0 amide bonds. The number of hydrogen-bond donors (Lipinski definition) is 1. The molecule has 1 atom stereocenters. The van der Waals surface area contributed by atoms with Crippen molar-refractivity contribution in [3.63, 3.8) is 0 Å². The van der Waals surface area contributed by atoms with Gasteiger partial charge in [0, 0.05) is 31.7 Å². The van der Waals surface area contributed by atoms with Crippen molar-refractivity contribution in [3.8, 4) is 0 Å². The maximum atomic E-state index is 5.54. The first-order chi connectivity index (χ1) is 9.16. The topological polar surface area (TPSA) is 42.3 Å². The van der Waals surface area contributed by atoms with Crippen molar-refractivity contribution in [1.29, 1.82) is 0 Å². The molecular formula is C14H24N4O. The van der Waals surface area contributed by atoms with Crippen LogP contribution in [0.3, 0.4) is 0 Å². The largest absolute Gasteiger partial charge is 0.377 e. The highest BCUT2D eigenvalue weighted by atomic mass is 16.5. The number of morpholine rings is 1. The highest BCUT2D eigenvalue weighted by Crippen LogP contribution is 2.28. The van der Waals surface area contributed by atoms with Gasteiger partial charge < -0.3 is 15.0 Å². The van der Waals surface area contributed by atoms with Gasteiger partial charge in [0.15, 0.2) is 0 Å². The zero-order valence-corrected chi connectivity index (χ0v) is 12.1. The van der Waals surface area contributed by atoms with Gasteiger partial charge in [0.25, 0.3) is 0 Å². The molecule has 19 heavy (non-hydrogen) atoms. The van der Waals surface area contributed by atoms with Crippen molar-refractivity contribution in [3.05, 3.63) is 11.3 Å². The molecule has 2 aliphatic rings. The monoisotopic (exact) mass is 264 g/mol. The highest BCUT2D eigenvalue weighted by molar-refractivity contribution is 5.51. The summed E-state index contributed by atoms with van der Waals surface area (Å²) in [5, 5.41) is 8.22. The van der Waals surface area contributed by atoms with Crippen LogP contribution in [0.2, 0.25) is 0 Å². The number of anilines is 1. The molecule has 106 valence electrons. The fraction of sp³-hybridized carbons (Fsp3) is 0.786. The van der Waals surface area contributed by atoms with Crippen LogP contribution in [0.5, 0.6) is 0 Å². The quantitative estimate of drug-likeness (QED) is 0.887. The zero-order valence-electron chi connectivity index (χ0n) is 12.1. The Kier molecular flexibility index (Phi) is 3.50. The Morgan fingerprint density at radius 2 is 2.21 bits per heavy atom. The van der Waals surface area contributed by atoms with E-state index in [4.69, 9.17) is 4.74 Å². The first kappa shape index (κ1) is 12.9. The summed E-state index contributed by atoms with van der Waals surface area (Å²) in [6, 6.07) is 1.15. The number of aromatic nitrogens is 2. The van der Waals surface area contributed by atoms with Gasteiger partial charge in [-0.1, -0.05) is 0 Å². The second-order valence-corrected chi connectivity index (χ2v) is 5.78. The minimum Gasteiger partial charge on any atom is -0.377 e. The lowest BCUT2D eigenvalue weighted by Crippen LogP contribution is -2.45. The number of nitrogens with one attached hydrogen (secondary N) is 1. The maximum absolute atomic E-state index is 5.54. The molecule has 5 heteroatoms. The van der Waals surface area contributed by atoms with Crippen LogP contribution in [-0.2, 0) is 18.3 Å². The first-order valence-corrected chi connectivity index (χ1v) is 7.27. The second-order valence-electron chi connectivity index (χ2n) is 5.78. The summed E-state index contributed by atoms with van der Waals surface area (Å²) >= 11 is 0. The van der Waals surface area contributed by atoms with Crippen molar-refractivity contribution in [2.75, 3.05) is 24.7 Å². The summed E-state index contributed by atoms with van der Waals surface area (Å²) in [6.45, 7) is 7.84. The first-order valence-electron chi connectivity index (χ1n) is 7.27. The molecule has 3 rings (SSSR count). The van der Waals surface area contributed by atoms with Gasteiger partial charge in [-0.25, -0.2) is 0 Å². The van der Waals surface area contributed by atoms with Gasteiger partial charge in [-0.3, -0.25) is 4.68 Å².